The first kappa shape index (κ1) is 11.6. The third kappa shape index (κ3) is 2.82. The number of nitrogens with zero attached hydrogens (tertiary/aromatic N) is 1. The predicted octanol–water partition coefficient (Wildman–Crippen LogP) is 2.92. The maximum atomic E-state index is 12.9. The van der Waals surface area contributed by atoms with Crippen LogP contribution in [0.4, 0.5) is 15.8 Å². The lowest BCUT2D eigenvalue weighted by atomic mass is 10.2. The van der Waals surface area contributed by atoms with E-state index in [4.69, 9.17) is 5.73 Å². The molecule has 2 nitrogen and oxygen atoms in total. The lowest BCUT2D eigenvalue weighted by Gasteiger charge is -2.24. The average Bonchev–Trinajstić information content (AvgIpc) is 2.38. The Morgan fingerprint density at radius 2 is 1.47 bits per heavy atom. The maximum Gasteiger partial charge on any atom is 0.123 e. The van der Waals surface area contributed by atoms with Crippen LogP contribution in [0.2, 0.25) is 0 Å². The number of rotatable bonds is 4. The average molecular weight is 230 g/mol. The molecule has 0 radical (unpaired) electrons. The smallest absolute Gasteiger partial charge is 0.123 e. The van der Waals surface area contributed by atoms with E-state index in [1.807, 2.05) is 30.3 Å². The number of hydrogen-bond donors (Lipinski definition) is 1. The Kier molecular flexibility index (Phi) is 3.73. The zero-order valence-corrected chi connectivity index (χ0v) is 9.51. The molecule has 0 saturated heterocycles. The number of para-hydroxylation sites is 1. The van der Waals surface area contributed by atoms with E-state index in [1.165, 1.54) is 12.1 Å². The van der Waals surface area contributed by atoms with E-state index in [2.05, 4.69) is 4.90 Å². The SMILES string of the molecule is NCCN(c1ccccc1)c1ccc(F)cc1. The first-order chi connectivity index (χ1) is 8.31. The molecular weight excluding hydrogens is 215 g/mol. The fraction of sp³-hybridized carbons (Fsp3) is 0.143. The van der Waals surface area contributed by atoms with E-state index < -0.39 is 0 Å². The zero-order chi connectivity index (χ0) is 12.1. The highest BCUT2D eigenvalue weighted by Gasteiger charge is 2.07. The molecule has 17 heavy (non-hydrogen) atoms. The van der Waals surface area contributed by atoms with Crippen LogP contribution in [0.5, 0.6) is 0 Å². The van der Waals surface area contributed by atoms with E-state index in [0.29, 0.717) is 13.1 Å². The summed E-state index contributed by atoms with van der Waals surface area (Å²) < 4.78 is 12.9. The van der Waals surface area contributed by atoms with Crippen LogP contribution in [0, 0.1) is 5.82 Å². The van der Waals surface area contributed by atoms with Crippen molar-refractivity contribution < 1.29 is 4.39 Å². The van der Waals surface area contributed by atoms with Crippen molar-refractivity contribution in [1.29, 1.82) is 0 Å². The molecule has 0 aliphatic rings. The van der Waals surface area contributed by atoms with Crippen LogP contribution in [0.3, 0.4) is 0 Å². The van der Waals surface area contributed by atoms with E-state index in [-0.39, 0.29) is 5.82 Å². The van der Waals surface area contributed by atoms with Gasteiger partial charge in [-0.1, -0.05) is 18.2 Å². The monoisotopic (exact) mass is 230 g/mol. The fourth-order valence-corrected chi connectivity index (χ4v) is 1.77. The van der Waals surface area contributed by atoms with Crippen LogP contribution in [0.15, 0.2) is 54.6 Å². The van der Waals surface area contributed by atoms with Gasteiger partial charge in [0.1, 0.15) is 5.82 Å². The number of hydrogen-bond acceptors (Lipinski definition) is 2. The summed E-state index contributed by atoms with van der Waals surface area (Å²) in [7, 11) is 0. The molecule has 0 spiro atoms. The van der Waals surface area contributed by atoms with Gasteiger partial charge in [-0.3, -0.25) is 0 Å². The highest BCUT2D eigenvalue weighted by Crippen LogP contribution is 2.24. The summed E-state index contributed by atoms with van der Waals surface area (Å²) in [5.41, 5.74) is 7.63. The van der Waals surface area contributed by atoms with Gasteiger partial charge in [0.05, 0.1) is 0 Å². The number of halogens is 1. The molecule has 0 bridgehead atoms. The Hall–Kier alpha value is -1.87. The Balaban J connectivity index is 2.32. The Bertz CT molecular complexity index is 453. The van der Waals surface area contributed by atoms with Gasteiger partial charge in [-0.15, -0.1) is 0 Å². The lowest BCUT2D eigenvalue weighted by Crippen LogP contribution is -2.24. The Morgan fingerprint density at radius 1 is 0.882 bits per heavy atom. The van der Waals surface area contributed by atoms with Gasteiger partial charge in [0.15, 0.2) is 0 Å². The molecule has 0 amide bonds. The zero-order valence-electron chi connectivity index (χ0n) is 9.51. The van der Waals surface area contributed by atoms with Crippen LogP contribution in [-0.4, -0.2) is 13.1 Å². The van der Waals surface area contributed by atoms with Gasteiger partial charge >= 0.3 is 0 Å². The van der Waals surface area contributed by atoms with Gasteiger partial charge in [-0.25, -0.2) is 4.39 Å². The number of benzene rings is 2. The molecule has 88 valence electrons. The van der Waals surface area contributed by atoms with Gasteiger partial charge in [0.25, 0.3) is 0 Å². The van der Waals surface area contributed by atoms with Crippen molar-refractivity contribution >= 4 is 11.4 Å². The topological polar surface area (TPSA) is 29.3 Å². The minimum Gasteiger partial charge on any atom is -0.340 e. The summed E-state index contributed by atoms with van der Waals surface area (Å²) in [5, 5.41) is 0. The first-order valence-electron chi connectivity index (χ1n) is 5.59. The minimum absolute atomic E-state index is 0.227. The van der Waals surface area contributed by atoms with Crippen molar-refractivity contribution in [2.24, 2.45) is 5.73 Å². The predicted molar refractivity (Wildman–Crippen MR) is 68.9 cm³/mol. The van der Waals surface area contributed by atoms with Crippen molar-refractivity contribution in [3.8, 4) is 0 Å². The summed E-state index contributed by atoms with van der Waals surface area (Å²) in [6.45, 7) is 1.25. The molecule has 0 aliphatic heterocycles. The summed E-state index contributed by atoms with van der Waals surface area (Å²) >= 11 is 0. The Morgan fingerprint density at radius 3 is 2.06 bits per heavy atom. The molecule has 0 unspecified atom stereocenters. The van der Waals surface area contributed by atoms with Crippen molar-refractivity contribution in [2.45, 2.75) is 0 Å². The molecule has 0 atom stereocenters. The molecule has 2 aromatic carbocycles. The van der Waals surface area contributed by atoms with Crippen LogP contribution in [-0.2, 0) is 0 Å². The van der Waals surface area contributed by atoms with Gasteiger partial charge in [0.2, 0.25) is 0 Å². The van der Waals surface area contributed by atoms with Crippen LogP contribution in [0.25, 0.3) is 0 Å². The molecule has 0 aliphatic carbocycles. The quantitative estimate of drug-likeness (QED) is 0.875. The molecule has 0 heterocycles. The highest BCUT2D eigenvalue weighted by atomic mass is 19.1. The molecule has 0 saturated carbocycles. The standard InChI is InChI=1S/C14H15FN2/c15-12-6-8-14(9-7-12)17(11-10-16)13-4-2-1-3-5-13/h1-9H,10-11,16H2. The van der Waals surface area contributed by atoms with Gasteiger partial charge in [-0.05, 0) is 36.4 Å². The van der Waals surface area contributed by atoms with Crippen LogP contribution >= 0.6 is 0 Å². The minimum atomic E-state index is -0.227. The number of nitrogens with two attached hydrogens (primary N) is 1. The Labute approximate surface area is 100 Å². The van der Waals surface area contributed by atoms with Gasteiger partial charge in [-0.2, -0.15) is 0 Å². The molecule has 2 N–H and O–H groups in total. The van der Waals surface area contributed by atoms with Crippen molar-refractivity contribution in [3.05, 3.63) is 60.4 Å². The maximum absolute atomic E-state index is 12.9. The third-order valence-electron chi connectivity index (χ3n) is 2.56. The largest absolute Gasteiger partial charge is 0.340 e. The lowest BCUT2D eigenvalue weighted by molar-refractivity contribution is 0.627. The van der Waals surface area contributed by atoms with E-state index in [9.17, 15) is 4.39 Å². The summed E-state index contributed by atoms with van der Waals surface area (Å²) in [4.78, 5) is 2.07. The van der Waals surface area contributed by atoms with Crippen molar-refractivity contribution in [1.82, 2.24) is 0 Å². The third-order valence-corrected chi connectivity index (χ3v) is 2.56. The van der Waals surface area contributed by atoms with Crippen molar-refractivity contribution in [3.63, 3.8) is 0 Å². The second-order valence-corrected chi connectivity index (χ2v) is 3.75. The molecular formula is C14H15FN2. The van der Waals surface area contributed by atoms with Crippen LogP contribution < -0.4 is 10.6 Å². The second kappa shape index (κ2) is 5.46. The summed E-state index contributed by atoms with van der Waals surface area (Å²) in [6, 6.07) is 16.4. The summed E-state index contributed by atoms with van der Waals surface area (Å²) in [5.74, 6) is -0.227. The second-order valence-electron chi connectivity index (χ2n) is 3.75. The summed E-state index contributed by atoms with van der Waals surface area (Å²) in [6.07, 6.45) is 0. The first-order valence-corrected chi connectivity index (χ1v) is 5.59. The van der Waals surface area contributed by atoms with E-state index >= 15 is 0 Å². The van der Waals surface area contributed by atoms with Crippen LogP contribution in [0.1, 0.15) is 0 Å². The van der Waals surface area contributed by atoms with Gasteiger partial charge < -0.3 is 10.6 Å². The molecule has 0 aromatic heterocycles. The highest BCUT2D eigenvalue weighted by molar-refractivity contribution is 5.62. The van der Waals surface area contributed by atoms with Gasteiger partial charge in [0, 0.05) is 24.5 Å². The van der Waals surface area contributed by atoms with Crippen molar-refractivity contribution in [2.75, 3.05) is 18.0 Å². The molecule has 2 rings (SSSR count). The normalized spacial score (nSPS) is 10.2. The number of anilines is 2. The molecule has 0 fully saturated rings. The fourth-order valence-electron chi connectivity index (χ4n) is 1.77. The van der Waals surface area contributed by atoms with E-state index in [0.717, 1.165) is 11.4 Å². The molecule has 3 heteroatoms. The molecule has 2 aromatic rings. The van der Waals surface area contributed by atoms with E-state index in [1.54, 1.807) is 12.1 Å².